The number of fused-ring (bicyclic) bond motifs is 3. The van der Waals surface area contributed by atoms with Gasteiger partial charge in [-0.05, 0) is 40.8 Å². The lowest BCUT2D eigenvalue weighted by atomic mass is 9.55. The number of aliphatic hydroxyl groups excluding tert-OH is 3. The molecule has 5 unspecified atom stereocenters. The molecule has 10 heteroatoms. The number of phenolic OH excluding ortho intramolecular Hbond substituents is 1. The molecule has 3 aliphatic carbocycles. The Balaban J connectivity index is 1.79. The van der Waals surface area contributed by atoms with Crippen molar-refractivity contribution in [2.75, 3.05) is 0 Å². The number of carbonyl (C=O) groups excluding carboxylic acids is 3. The Morgan fingerprint density at radius 3 is 2.33 bits per heavy atom. The van der Waals surface area contributed by atoms with Crippen molar-refractivity contribution in [3.8, 4) is 16.9 Å². The Hall–Kier alpha value is -4.02. The molecule has 0 radical (unpaired) electrons. The lowest BCUT2D eigenvalue weighted by Crippen LogP contribution is -2.63. The van der Waals surface area contributed by atoms with Crippen LogP contribution in [0.15, 0.2) is 53.3 Å². The average molecular weight is 495 g/mol. The van der Waals surface area contributed by atoms with Gasteiger partial charge in [-0.2, -0.15) is 0 Å². The second-order valence-electron chi connectivity index (χ2n) is 9.41. The normalized spacial score (nSPS) is 29.6. The minimum atomic E-state index is -2.89. The molecule has 0 bridgehead atoms. The lowest BCUT2D eigenvalue weighted by molar-refractivity contribution is -0.160. The summed E-state index contributed by atoms with van der Waals surface area (Å²) in [4.78, 5) is 38.0. The van der Waals surface area contributed by atoms with Crippen molar-refractivity contribution >= 4 is 23.2 Å². The molecule has 0 heterocycles. The van der Waals surface area contributed by atoms with Gasteiger partial charge in [-0.25, -0.2) is 4.39 Å². The Bertz CT molecular complexity index is 1430. The van der Waals surface area contributed by atoms with Gasteiger partial charge in [0.05, 0.1) is 11.7 Å². The van der Waals surface area contributed by atoms with Gasteiger partial charge in [0, 0.05) is 23.8 Å². The van der Waals surface area contributed by atoms with Crippen LogP contribution >= 0.6 is 0 Å². The number of primary amides is 1. The van der Waals surface area contributed by atoms with Gasteiger partial charge in [-0.1, -0.05) is 25.1 Å². The molecule has 1 saturated carbocycles. The van der Waals surface area contributed by atoms with Crippen molar-refractivity contribution in [1.82, 2.24) is 0 Å². The molecule has 5 atom stereocenters. The van der Waals surface area contributed by atoms with Crippen LogP contribution in [0.4, 0.5) is 4.39 Å². The zero-order valence-electron chi connectivity index (χ0n) is 18.9. The Labute approximate surface area is 203 Å². The third-order valence-corrected chi connectivity index (χ3v) is 7.63. The molecular formula is C26H22FNO8. The summed E-state index contributed by atoms with van der Waals surface area (Å²) in [7, 11) is 0. The molecule has 7 N–H and O–H groups in total. The summed E-state index contributed by atoms with van der Waals surface area (Å²) in [5.41, 5.74) is 2.17. The standard InChI is InChI=1S/C26H22FNO8/c1-9-16-12(10-2-4-11(27)5-3-10)6-7-14(29)18(16)22(32)20-17(9)21(31)13-8-15(30)19(25(28)35)23(33)26(13,36)24(20)34/h2-7,9,13,17,21,29,31-33,36H,8H2,1H3,(H2,28,35). The number of hydrogen-bond acceptors (Lipinski definition) is 8. The minimum Gasteiger partial charge on any atom is -0.508 e. The van der Waals surface area contributed by atoms with Gasteiger partial charge in [0.15, 0.2) is 11.4 Å². The Morgan fingerprint density at radius 2 is 1.72 bits per heavy atom. The molecule has 0 spiro atoms. The highest BCUT2D eigenvalue weighted by Crippen LogP contribution is 2.57. The van der Waals surface area contributed by atoms with E-state index in [4.69, 9.17) is 5.73 Å². The highest BCUT2D eigenvalue weighted by atomic mass is 19.1. The van der Waals surface area contributed by atoms with E-state index < -0.39 is 81.8 Å². The van der Waals surface area contributed by atoms with Crippen LogP contribution in [-0.4, -0.2) is 54.7 Å². The molecule has 186 valence electrons. The third-order valence-electron chi connectivity index (χ3n) is 7.63. The smallest absolute Gasteiger partial charge is 0.255 e. The van der Waals surface area contributed by atoms with Crippen LogP contribution in [0.25, 0.3) is 16.9 Å². The first-order valence-corrected chi connectivity index (χ1v) is 11.2. The number of aromatic hydroxyl groups is 1. The molecule has 3 aliphatic rings. The summed E-state index contributed by atoms with van der Waals surface area (Å²) in [5, 5.41) is 55.2. The van der Waals surface area contributed by atoms with Gasteiger partial charge in [0.1, 0.15) is 28.7 Å². The monoisotopic (exact) mass is 495 g/mol. The molecule has 0 aliphatic heterocycles. The summed E-state index contributed by atoms with van der Waals surface area (Å²) in [6.45, 7) is 1.64. The van der Waals surface area contributed by atoms with Crippen molar-refractivity contribution in [3.05, 3.63) is 70.2 Å². The van der Waals surface area contributed by atoms with E-state index in [2.05, 4.69) is 0 Å². The van der Waals surface area contributed by atoms with Gasteiger partial charge in [0.2, 0.25) is 5.78 Å². The van der Waals surface area contributed by atoms with E-state index in [0.29, 0.717) is 16.7 Å². The lowest BCUT2D eigenvalue weighted by Gasteiger charge is -2.50. The summed E-state index contributed by atoms with van der Waals surface area (Å²) >= 11 is 0. The van der Waals surface area contributed by atoms with Crippen LogP contribution in [0.1, 0.15) is 30.4 Å². The fourth-order valence-electron chi connectivity index (χ4n) is 5.96. The molecule has 36 heavy (non-hydrogen) atoms. The first kappa shape index (κ1) is 23.7. The minimum absolute atomic E-state index is 0.122. The first-order chi connectivity index (χ1) is 16.9. The largest absolute Gasteiger partial charge is 0.508 e. The number of phenols is 1. The number of amides is 1. The number of nitrogens with two attached hydrogens (primary N) is 1. The van der Waals surface area contributed by atoms with E-state index in [1.54, 1.807) is 13.0 Å². The van der Waals surface area contributed by atoms with Gasteiger partial charge >= 0.3 is 0 Å². The molecule has 2 aromatic rings. The number of benzene rings is 2. The van der Waals surface area contributed by atoms with Gasteiger partial charge in [-0.15, -0.1) is 0 Å². The zero-order chi connectivity index (χ0) is 26.3. The van der Waals surface area contributed by atoms with Crippen LogP contribution in [0, 0.1) is 17.7 Å². The van der Waals surface area contributed by atoms with E-state index in [-0.39, 0.29) is 11.3 Å². The Morgan fingerprint density at radius 1 is 1.08 bits per heavy atom. The van der Waals surface area contributed by atoms with Crippen molar-refractivity contribution in [3.63, 3.8) is 0 Å². The van der Waals surface area contributed by atoms with Crippen molar-refractivity contribution < 1.29 is 44.3 Å². The van der Waals surface area contributed by atoms with Crippen molar-refractivity contribution in [1.29, 1.82) is 0 Å². The summed E-state index contributed by atoms with van der Waals surface area (Å²) in [5.74, 6) is -9.79. The number of Topliss-reactive ketones (excluding diaryl/α,β-unsaturated/α-hetero) is 2. The Kier molecular flexibility index (Phi) is 5.10. The first-order valence-electron chi connectivity index (χ1n) is 11.2. The highest BCUT2D eigenvalue weighted by Gasteiger charge is 2.65. The SMILES string of the molecule is CC1c2c(-c3ccc(F)cc3)ccc(O)c2C(O)=C2C(=O)C3(O)C(O)=C(C(N)=O)C(=O)CC3C(O)C21. The van der Waals surface area contributed by atoms with E-state index in [1.165, 1.54) is 30.3 Å². The van der Waals surface area contributed by atoms with Crippen molar-refractivity contribution in [2.45, 2.75) is 31.0 Å². The predicted molar refractivity (Wildman–Crippen MR) is 123 cm³/mol. The van der Waals surface area contributed by atoms with Gasteiger partial charge < -0.3 is 31.3 Å². The quantitative estimate of drug-likeness (QED) is 0.341. The molecule has 5 rings (SSSR count). The number of halogens is 1. The average Bonchev–Trinajstić information content (AvgIpc) is 2.82. The van der Waals surface area contributed by atoms with E-state index in [9.17, 15) is 44.3 Å². The predicted octanol–water partition coefficient (Wildman–Crippen LogP) is 1.76. The maximum absolute atomic E-state index is 13.7. The molecular weight excluding hydrogens is 473 g/mol. The number of ketones is 2. The van der Waals surface area contributed by atoms with Crippen LogP contribution in [0.2, 0.25) is 0 Å². The fourth-order valence-corrected chi connectivity index (χ4v) is 5.96. The van der Waals surface area contributed by atoms with Crippen molar-refractivity contribution in [2.24, 2.45) is 17.6 Å². The second-order valence-corrected chi connectivity index (χ2v) is 9.41. The number of rotatable bonds is 2. The summed E-state index contributed by atoms with van der Waals surface area (Å²) < 4.78 is 13.5. The third kappa shape index (κ3) is 2.91. The number of carbonyl (C=O) groups is 3. The topological polar surface area (TPSA) is 178 Å². The van der Waals surface area contributed by atoms with E-state index >= 15 is 0 Å². The molecule has 0 saturated heterocycles. The van der Waals surface area contributed by atoms with Crippen LogP contribution in [0.5, 0.6) is 5.75 Å². The van der Waals surface area contributed by atoms with Crippen LogP contribution < -0.4 is 5.73 Å². The molecule has 2 aromatic carbocycles. The maximum Gasteiger partial charge on any atom is 0.255 e. The fraction of sp³-hybridized carbons (Fsp3) is 0.269. The summed E-state index contributed by atoms with van der Waals surface area (Å²) in [6, 6.07) is 8.31. The molecule has 1 amide bonds. The number of aliphatic hydroxyl groups is 4. The van der Waals surface area contributed by atoms with Crippen LogP contribution in [-0.2, 0) is 14.4 Å². The second kappa shape index (κ2) is 7.74. The maximum atomic E-state index is 13.7. The van der Waals surface area contributed by atoms with Gasteiger partial charge in [0.25, 0.3) is 5.91 Å². The molecule has 0 aromatic heterocycles. The molecule has 1 fully saturated rings. The van der Waals surface area contributed by atoms with E-state index in [1.807, 2.05) is 0 Å². The number of hydrogen-bond donors (Lipinski definition) is 6. The highest BCUT2D eigenvalue weighted by molar-refractivity contribution is 6.23. The van der Waals surface area contributed by atoms with Gasteiger partial charge in [-0.3, -0.25) is 14.4 Å². The molecule has 9 nitrogen and oxygen atoms in total. The van der Waals surface area contributed by atoms with Crippen LogP contribution in [0.3, 0.4) is 0 Å². The summed E-state index contributed by atoms with van der Waals surface area (Å²) in [6.07, 6.45) is -2.28. The van der Waals surface area contributed by atoms with E-state index in [0.717, 1.165) is 0 Å². The zero-order valence-corrected chi connectivity index (χ0v) is 18.9.